The molecule has 0 saturated carbocycles. The van der Waals surface area contributed by atoms with E-state index < -0.39 is 4.92 Å². The molecule has 0 bridgehead atoms. The molecule has 0 fully saturated rings. The highest BCUT2D eigenvalue weighted by molar-refractivity contribution is 5.83. The summed E-state index contributed by atoms with van der Waals surface area (Å²) in [5.74, 6) is 0.446. The van der Waals surface area contributed by atoms with Gasteiger partial charge in [-0.25, -0.2) is 4.98 Å². The van der Waals surface area contributed by atoms with Crippen molar-refractivity contribution in [1.29, 1.82) is 0 Å². The molecule has 8 heteroatoms. The molecule has 3 N–H and O–H groups in total. The number of hydrogen-bond donors (Lipinski definition) is 3. The highest BCUT2D eigenvalue weighted by Gasteiger charge is 2.07. The van der Waals surface area contributed by atoms with Gasteiger partial charge in [-0.1, -0.05) is 18.2 Å². The summed E-state index contributed by atoms with van der Waals surface area (Å²) >= 11 is 0. The van der Waals surface area contributed by atoms with E-state index in [1.165, 1.54) is 29.3 Å². The quantitative estimate of drug-likeness (QED) is 0.426. The summed E-state index contributed by atoms with van der Waals surface area (Å²) in [4.78, 5) is 29.1. The van der Waals surface area contributed by atoms with Gasteiger partial charge >= 0.3 is 0 Å². The highest BCUT2D eigenvalue weighted by Crippen LogP contribution is 2.17. The minimum Gasteiger partial charge on any atom is -0.370 e. The molecule has 0 aliphatic rings. The van der Waals surface area contributed by atoms with Crippen molar-refractivity contribution in [3.05, 3.63) is 64.5 Å². The summed E-state index contributed by atoms with van der Waals surface area (Å²) in [5, 5.41) is 17.6. The molecule has 1 amide bonds. The van der Waals surface area contributed by atoms with Crippen molar-refractivity contribution < 1.29 is 9.72 Å². The van der Waals surface area contributed by atoms with Crippen LogP contribution in [-0.4, -0.2) is 33.9 Å². The van der Waals surface area contributed by atoms with Crippen LogP contribution in [0.15, 0.2) is 48.8 Å². The molecular formula is C18H19N5O3. The number of pyridine rings is 1. The first kappa shape index (κ1) is 17.4. The second-order valence-electron chi connectivity index (χ2n) is 5.79. The number of nitro groups is 1. The molecule has 0 spiro atoms. The fourth-order valence-electron chi connectivity index (χ4n) is 2.67. The predicted molar refractivity (Wildman–Crippen MR) is 99.0 cm³/mol. The number of carbonyl (C=O) groups is 1. The summed E-state index contributed by atoms with van der Waals surface area (Å²) in [6.07, 6.45) is 4.21. The molecule has 0 aliphatic heterocycles. The molecule has 0 atom stereocenters. The van der Waals surface area contributed by atoms with E-state index in [9.17, 15) is 14.9 Å². The Kier molecular flexibility index (Phi) is 5.43. The lowest BCUT2D eigenvalue weighted by molar-refractivity contribution is -0.385. The second-order valence-corrected chi connectivity index (χ2v) is 5.79. The number of nitrogens with zero attached hydrogens (tertiary/aromatic N) is 2. The number of benzene rings is 1. The molecule has 134 valence electrons. The van der Waals surface area contributed by atoms with Crippen LogP contribution in [0.25, 0.3) is 10.9 Å². The maximum absolute atomic E-state index is 11.9. The maximum atomic E-state index is 11.9. The summed E-state index contributed by atoms with van der Waals surface area (Å²) < 4.78 is 0. The summed E-state index contributed by atoms with van der Waals surface area (Å²) in [7, 11) is 0. The number of aromatic nitrogens is 2. The molecule has 3 rings (SSSR count). The Morgan fingerprint density at radius 2 is 2.04 bits per heavy atom. The number of para-hydroxylation sites is 1. The SMILES string of the molecule is O=C(CCNc1ccc([N+](=O)[O-])cn1)NCCc1c[nH]c2ccccc12. The number of H-pyrrole nitrogens is 1. The van der Waals surface area contributed by atoms with Gasteiger partial charge in [-0.3, -0.25) is 14.9 Å². The van der Waals surface area contributed by atoms with Crippen molar-refractivity contribution in [2.45, 2.75) is 12.8 Å². The second kappa shape index (κ2) is 8.11. The lowest BCUT2D eigenvalue weighted by atomic mass is 10.1. The third-order valence-corrected chi connectivity index (χ3v) is 4.01. The minimum absolute atomic E-state index is 0.0562. The van der Waals surface area contributed by atoms with E-state index in [2.05, 4.69) is 26.7 Å². The van der Waals surface area contributed by atoms with Gasteiger partial charge in [0.05, 0.1) is 4.92 Å². The van der Waals surface area contributed by atoms with E-state index in [0.29, 0.717) is 25.3 Å². The summed E-state index contributed by atoms with van der Waals surface area (Å²) in [5.41, 5.74) is 2.20. The Morgan fingerprint density at radius 1 is 1.19 bits per heavy atom. The third-order valence-electron chi connectivity index (χ3n) is 4.01. The molecule has 26 heavy (non-hydrogen) atoms. The summed E-state index contributed by atoms with van der Waals surface area (Å²) in [6.45, 7) is 0.972. The van der Waals surface area contributed by atoms with Crippen LogP contribution in [0.3, 0.4) is 0 Å². The number of carbonyl (C=O) groups excluding carboxylic acids is 1. The first-order chi connectivity index (χ1) is 12.6. The van der Waals surface area contributed by atoms with Crippen molar-refractivity contribution in [3.8, 4) is 0 Å². The van der Waals surface area contributed by atoms with Crippen molar-refractivity contribution >= 4 is 28.3 Å². The smallest absolute Gasteiger partial charge is 0.287 e. The molecule has 0 saturated heterocycles. The fraction of sp³-hybridized carbons (Fsp3) is 0.222. The van der Waals surface area contributed by atoms with Crippen LogP contribution in [0.5, 0.6) is 0 Å². The van der Waals surface area contributed by atoms with Crippen LogP contribution in [0.1, 0.15) is 12.0 Å². The lowest BCUT2D eigenvalue weighted by Gasteiger charge is -2.07. The monoisotopic (exact) mass is 353 g/mol. The lowest BCUT2D eigenvalue weighted by Crippen LogP contribution is -2.27. The van der Waals surface area contributed by atoms with Crippen LogP contribution in [0, 0.1) is 10.1 Å². The van der Waals surface area contributed by atoms with Gasteiger partial charge in [-0.05, 0) is 24.1 Å². The number of anilines is 1. The standard InChI is InChI=1S/C18H19N5O3/c24-18(8-10-19-17-6-5-14(12-22-17)23(25)26)20-9-7-13-11-21-16-4-2-1-3-15(13)16/h1-6,11-12,21H,7-10H2,(H,19,22)(H,20,24). The van der Waals surface area contributed by atoms with Crippen LogP contribution in [0.2, 0.25) is 0 Å². The zero-order valence-corrected chi connectivity index (χ0v) is 14.1. The molecule has 2 aromatic heterocycles. The van der Waals surface area contributed by atoms with Gasteiger partial charge in [0.1, 0.15) is 12.0 Å². The molecular weight excluding hydrogens is 334 g/mol. The molecule has 3 aromatic rings. The Bertz CT molecular complexity index is 905. The molecule has 0 unspecified atom stereocenters. The average molecular weight is 353 g/mol. The van der Waals surface area contributed by atoms with E-state index in [4.69, 9.17) is 0 Å². The number of aromatic amines is 1. The number of nitrogens with one attached hydrogen (secondary N) is 3. The first-order valence-electron chi connectivity index (χ1n) is 8.29. The highest BCUT2D eigenvalue weighted by atomic mass is 16.6. The third kappa shape index (κ3) is 4.35. The Labute approximate surface area is 149 Å². The van der Waals surface area contributed by atoms with E-state index in [1.54, 1.807) is 0 Å². The van der Waals surface area contributed by atoms with Gasteiger partial charge in [-0.15, -0.1) is 0 Å². The predicted octanol–water partition coefficient (Wildman–Crippen LogP) is 2.63. The van der Waals surface area contributed by atoms with Crippen molar-refractivity contribution in [2.75, 3.05) is 18.4 Å². The van der Waals surface area contributed by atoms with Crippen LogP contribution in [0.4, 0.5) is 11.5 Å². The number of amides is 1. The molecule has 0 aliphatic carbocycles. The number of rotatable bonds is 8. The minimum atomic E-state index is -0.502. The van der Waals surface area contributed by atoms with Gasteiger partial charge in [0.25, 0.3) is 5.69 Å². The van der Waals surface area contributed by atoms with Gasteiger partial charge < -0.3 is 15.6 Å². The zero-order valence-electron chi connectivity index (χ0n) is 14.1. The van der Waals surface area contributed by atoms with Crippen LogP contribution >= 0.6 is 0 Å². The fourth-order valence-corrected chi connectivity index (χ4v) is 2.67. The van der Waals surface area contributed by atoms with Gasteiger partial charge in [0.15, 0.2) is 0 Å². The average Bonchev–Trinajstić information content (AvgIpc) is 3.05. The van der Waals surface area contributed by atoms with Gasteiger partial charge in [0, 0.05) is 42.7 Å². The molecule has 2 heterocycles. The van der Waals surface area contributed by atoms with Gasteiger partial charge in [-0.2, -0.15) is 0 Å². The number of fused-ring (bicyclic) bond motifs is 1. The first-order valence-corrected chi connectivity index (χ1v) is 8.29. The normalized spacial score (nSPS) is 10.6. The Balaban J connectivity index is 1.38. The van der Waals surface area contributed by atoms with E-state index >= 15 is 0 Å². The van der Waals surface area contributed by atoms with E-state index in [-0.39, 0.29) is 11.6 Å². The van der Waals surface area contributed by atoms with Crippen LogP contribution < -0.4 is 10.6 Å². The van der Waals surface area contributed by atoms with Gasteiger partial charge in [0.2, 0.25) is 5.91 Å². The van der Waals surface area contributed by atoms with E-state index in [0.717, 1.165) is 11.9 Å². The number of hydrogen-bond acceptors (Lipinski definition) is 5. The molecule has 0 radical (unpaired) electrons. The van der Waals surface area contributed by atoms with E-state index in [1.807, 2.05) is 24.4 Å². The molecule has 8 nitrogen and oxygen atoms in total. The van der Waals surface area contributed by atoms with Crippen molar-refractivity contribution in [1.82, 2.24) is 15.3 Å². The summed E-state index contributed by atoms with van der Waals surface area (Å²) in [6, 6.07) is 11.0. The maximum Gasteiger partial charge on any atom is 0.287 e. The van der Waals surface area contributed by atoms with Crippen molar-refractivity contribution in [2.24, 2.45) is 0 Å². The topological polar surface area (TPSA) is 113 Å². The molecule has 1 aromatic carbocycles. The largest absolute Gasteiger partial charge is 0.370 e. The van der Waals surface area contributed by atoms with Crippen LogP contribution in [-0.2, 0) is 11.2 Å². The Hall–Kier alpha value is -3.42. The Morgan fingerprint density at radius 3 is 2.81 bits per heavy atom. The zero-order chi connectivity index (χ0) is 18.4. The van der Waals surface area contributed by atoms with Crippen molar-refractivity contribution in [3.63, 3.8) is 0 Å².